The minimum atomic E-state index is -0.269. The number of aromatic nitrogens is 2. The van der Waals surface area contributed by atoms with Gasteiger partial charge < -0.3 is 15.1 Å². The van der Waals surface area contributed by atoms with Crippen LogP contribution in [0.5, 0.6) is 0 Å². The first-order chi connectivity index (χ1) is 14.0. The van der Waals surface area contributed by atoms with E-state index in [1.165, 1.54) is 12.1 Å². The second-order valence-electron chi connectivity index (χ2n) is 6.64. The van der Waals surface area contributed by atoms with E-state index in [0.29, 0.717) is 32.0 Å². The van der Waals surface area contributed by atoms with Crippen LogP contribution in [0.25, 0.3) is 5.69 Å². The van der Waals surface area contributed by atoms with Crippen LogP contribution in [0, 0.1) is 5.82 Å². The summed E-state index contributed by atoms with van der Waals surface area (Å²) in [6.45, 7) is 8.92. The number of carbonyl (C=O) groups is 1. The summed E-state index contributed by atoms with van der Waals surface area (Å²) in [6.07, 6.45) is 2.52. The van der Waals surface area contributed by atoms with Gasteiger partial charge in [0.25, 0.3) is 0 Å². The summed E-state index contributed by atoms with van der Waals surface area (Å²) >= 11 is 0. The smallest absolute Gasteiger partial charge is 0.242 e. The molecule has 30 heavy (non-hydrogen) atoms. The fraction of sp³-hybridized carbons (Fsp3) is 0.476. The minimum absolute atomic E-state index is 0. The first-order valence-corrected chi connectivity index (χ1v) is 10.1. The van der Waals surface area contributed by atoms with Crippen molar-refractivity contribution in [1.82, 2.24) is 24.9 Å². The third-order valence-electron chi connectivity index (χ3n) is 4.55. The number of amides is 1. The molecule has 7 nitrogen and oxygen atoms in total. The van der Waals surface area contributed by atoms with Gasteiger partial charge in [-0.15, -0.1) is 24.0 Å². The van der Waals surface area contributed by atoms with Gasteiger partial charge in [-0.05, 0) is 51.1 Å². The Hall–Kier alpha value is -2.17. The summed E-state index contributed by atoms with van der Waals surface area (Å²) in [5.74, 6) is 0.516. The average Bonchev–Trinajstić information content (AvgIpc) is 3.17. The van der Waals surface area contributed by atoms with E-state index < -0.39 is 0 Å². The number of rotatable bonds is 9. The van der Waals surface area contributed by atoms with Crippen molar-refractivity contribution in [1.29, 1.82) is 0 Å². The molecule has 9 heteroatoms. The number of nitrogens with zero attached hydrogens (tertiary/aromatic N) is 5. The molecule has 0 atom stereocenters. The molecule has 2 rings (SSSR count). The van der Waals surface area contributed by atoms with Crippen LogP contribution in [-0.2, 0) is 11.2 Å². The standard InChI is InChI=1S/C21H31FN6O.HI/c1-5-23-21(26(4)16-20(29)27(6-2)7-3)24-14-12-18-13-15-28(25-18)19-10-8-17(22)9-11-19;/h8-11,13,15H,5-7,12,14,16H2,1-4H3,(H,23,24);1H. The van der Waals surface area contributed by atoms with Crippen LogP contribution < -0.4 is 5.32 Å². The van der Waals surface area contributed by atoms with Crippen molar-refractivity contribution in [2.45, 2.75) is 27.2 Å². The van der Waals surface area contributed by atoms with Gasteiger partial charge in [0.05, 0.1) is 17.9 Å². The minimum Gasteiger partial charge on any atom is -0.357 e. The second kappa shape index (κ2) is 13.2. The van der Waals surface area contributed by atoms with Crippen molar-refractivity contribution in [2.75, 3.05) is 39.8 Å². The third-order valence-corrected chi connectivity index (χ3v) is 4.55. The molecule has 0 fully saturated rings. The summed E-state index contributed by atoms with van der Waals surface area (Å²) in [7, 11) is 1.87. The number of likely N-dealkylation sites (N-methyl/N-ethyl adjacent to an activating group) is 2. The molecule has 1 amide bonds. The molecule has 166 valence electrons. The number of guanidine groups is 1. The zero-order valence-electron chi connectivity index (χ0n) is 18.1. The van der Waals surface area contributed by atoms with E-state index in [-0.39, 0.29) is 42.2 Å². The monoisotopic (exact) mass is 530 g/mol. The molecule has 1 N–H and O–H groups in total. The van der Waals surface area contributed by atoms with Gasteiger partial charge in [-0.2, -0.15) is 5.10 Å². The Balaban J connectivity index is 0.00000450. The molecule has 1 heterocycles. The van der Waals surface area contributed by atoms with Crippen LogP contribution in [0.4, 0.5) is 4.39 Å². The molecule has 0 saturated heterocycles. The Morgan fingerprint density at radius 1 is 1.17 bits per heavy atom. The van der Waals surface area contributed by atoms with Crippen molar-refractivity contribution in [3.8, 4) is 5.69 Å². The highest BCUT2D eigenvalue weighted by Gasteiger charge is 2.15. The van der Waals surface area contributed by atoms with E-state index in [2.05, 4.69) is 15.4 Å². The summed E-state index contributed by atoms with van der Waals surface area (Å²) in [6, 6.07) is 8.14. The zero-order chi connectivity index (χ0) is 21.2. The van der Waals surface area contributed by atoms with Crippen LogP contribution in [0.1, 0.15) is 26.5 Å². The molecule has 0 saturated carbocycles. The maximum Gasteiger partial charge on any atom is 0.242 e. The van der Waals surface area contributed by atoms with Crippen molar-refractivity contribution in [2.24, 2.45) is 4.99 Å². The van der Waals surface area contributed by atoms with Crippen LogP contribution in [0.15, 0.2) is 41.5 Å². The highest BCUT2D eigenvalue weighted by Crippen LogP contribution is 2.09. The van der Waals surface area contributed by atoms with Gasteiger partial charge in [-0.3, -0.25) is 9.79 Å². The van der Waals surface area contributed by atoms with Crippen molar-refractivity contribution in [3.63, 3.8) is 0 Å². The molecule has 0 bridgehead atoms. The first-order valence-electron chi connectivity index (χ1n) is 10.1. The SMILES string of the molecule is CCNC(=NCCc1ccn(-c2ccc(F)cc2)n1)N(C)CC(=O)N(CC)CC.I. The predicted molar refractivity (Wildman–Crippen MR) is 129 cm³/mol. The lowest BCUT2D eigenvalue weighted by molar-refractivity contribution is -0.131. The fourth-order valence-electron chi connectivity index (χ4n) is 2.93. The van der Waals surface area contributed by atoms with Gasteiger partial charge in [0.2, 0.25) is 5.91 Å². The normalized spacial score (nSPS) is 11.0. The molecule has 0 aliphatic rings. The molecular weight excluding hydrogens is 498 g/mol. The predicted octanol–water partition coefficient (Wildman–Crippen LogP) is 2.94. The van der Waals surface area contributed by atoms with Gasteiger partial charge in [0.1, 0.15) is 5.82 Å². The van der Waals surface area contributed by atoms with E-state index in [9.17, 15) is 9.18 Å². The topological polar surface area (TPSA) is 65.8 Å². The summed E-state index contributed by atoms with van der Waals surface area (Å²) < 4.78 is 14.8. The fourth-order valence-corrected chi connectivity index (χ4v) is 2.93. The number of aliphatic imine (C=N–C) groups is 1. The Bertz CT molecular complexity index is 804. The van der Waals surface area contributed by atoms with E-state index in [1.54, 1.807) is 16.8 Å². The molecule has 0 aliphatic heterocycles. The van der Waals surface area contributed by atoms with Crippen molar-refractivity contribution < 1.29 is 9.18 Å². The first kappa shape index (κ1) is 25.9. The molecular formula is C21H32FIN6O. The largest absolute Gasteiger partial charge is 0.357 e. The summed E-state index contributed by atoms with van der Waals surface area (Å²) in [4.78, 5) is 20.6. The quantitative estimate of drug-likeness (QED) is 0.308. The number of halogens is 2. The Morgan fingerprint density at radius 2 is 1.83 bits per heavy atom. The number of benzene rings is 1. The van der Waals surface area contributed by atoms with Gasteiger partial charge in [0.15, 0.2) is 5.96 Å². The second-order valence-corrected chi connectivity index (χ2v) is 6.64. The highest BCUT2D eigenvalue weighted by molar-refractivity contribution is 14.0. The number of carbonyl (C=O) groups excluding carboxylic acids is 1. The van der Waals surface area contributed by atoms with Crippen LogP contribution in [-0.4, -0.2) is 71.2 Å². The van der Waals surface area contributed by atoms with Crippen LogP contribution in [0.3, 0.4) is 0 Å². The Kier molecular flexibility index (Phi) is 11.4. The number of nitrogens with one attached hydrogen (secondary N) is 1. The number of hydrogen-bond acceptors (Lipinski definition) is 3. The molecule has 1 aromatic carbocycles. The molecule has 0 aliphatic carbocycles. The lowest BCUT2D eigenvalue weighted by Crippen LogP contribution is -2.45. The van der Waals surface area contributed by atoms with E-state index >= 15 is 0 Å². The summed E-state index contributed by atoms with van der Waals surface area (Å²) in [5.41, 5.74) is 1.71. The highest BCUT2D eigenvalue weighted by atomic mass is 127. The molecule has 0 radical (unpaired) electrons. The van der Waals surface area contributed by atoms with E-state index in [4.69, 9.17) is 0 Å². The lowest BCUT2D eigenvalue weighted by atomic mass is 10.3. The Labute approximate surface area is 195 Å². The van der Waals surface area contributed by atoms with Crippen LogP contribution in [0.2, 0.25) is 0 Å². The van der Waals surface area contributed by atoms with Gasteiger partial charge >= 0.3 is 0 Å². The molecule has 1 aromatic heterocycles. The molecule has 0 unspecified atom stereocenters. The van der Waals surface area contributed by atoms with Crippen LogP contribution >= 0.6 is 24.0 Å². The summed E-state index contributed by atoms with van der Waals surface area (Å²) in [5, 5.41) is 7.75. The molecule has 0 spiro atoms. The third kappa shape index (κ3) is 7.58. The van der Waals surface area contributed by atoms with Gasteiger partial charge in [-0.1, -0.05) is 0 Å². The maximum absolute atomic E-state index is 13.1. The van der Waals surface area contributed by atoms with Gasteiger partial charge in [-0.25, -0.2) is 9.07 Å². The Morgan fingerprint density at radius 3 is 2.43 bits per heavy atom. The van der Waals surface area contributed by atoms with E-state index in [0.717, 1.165) is 17.9 Å². The average molecular weight is 530 g/mol. The lowest BCUT2D eigenvalue weighted by Gasteiger charge is -2.25. The van der Waals surface area contributed by atoms with Gasteiger partial charge in [0, 0.05) is 45.8 Å². The van der Waals surface area contributed by atoms with E-state index in [1.807, 2.05) is 49.9 Å². The zero-order valence-corrected chi connectivity index (χ0v) is 20.5. The number of hydrogen-bond donors (Lipinski definition) is 1. The van der Waals surface area contributed by atoms with Crippen molar-refractivity contribution in [3.05, 3.63) is 48.0 Å². The molecule has 2 aromatic rings. The van der Waals surface area contributed by atoms with Crippen molar-refractivity contribution >= 4 is 35.8 Å². The maximum atomic E-state index is 13.1.